The van der Waals surface area contributed by atoms with Crippen LogP contribution in [-0.2, 0) is 18.1 Å². The van der Waals surface area contributed by atoms with Crippen LogP contribution in [0.15, 0.2) is 0 Å². The molecule has 0 amide bonds. The lowest BCUT2D eigenvalue weighted by Gasteiger charge is -2.26. The molecule has 0 saturated carbocycles. The molecule has 0 radical (unpaired) electrons. The summed E-state index contributed by atoms with van der Waals surface area (Å²) in [7, 11) is -3.40. The van der Waals surface area contributed by atoms with Crippen LogP contribution < -0.4 is 0 Å². The van der Waals surface area contributed by atoms with Crippen molar-refractivity contribution in [2.24, 2.45) is 0 Å². The van der Waals surface area contributed by atoms with Gasteiger partial charge in [-0.3, -0.25) is 13.6 Å². The fourth-order valence-corrected chi connectivity index (χ4v) is 2.62. The van der Waals surface area contributed by atoms with Gasteiger partial charge in [0.2, 0.25) is 0 Å². The Kier molecular flexibility index (Phi) is 8.31. The summed E-state index contributed by atoms with van der Waals surface area (Å²) in [6.45, 7) is 10.4. The third kappa shape index (κ3) is 9.78. The summed E-state index contributed by atoms with van der Waals surface area (Å²) in [6, 6.07) is 0. The van der Waals surface area contributed by atoms with Crippen LogP contribution in [0.5, 0.6) is 0 Å². The number of unbranched alkanes of at least 4 members (excludes halogenated alkanes) is 2. The molecule has 0 atom stereocenters. The quantitative estimate of drug-likeness (QED) is 0.454. The van der Waals surface area contributed by atoms with Gasteiger partial charge in [-0.2, -0.15) is 0 Å². The van der Waals surface area contributed by atoms with Crippen molar-refractivity contribution in [2.45, 2.75) is 65.9 Å². The first kappa shape index (κ1) is 17.1. The van der Waals surface area contributed by atoms with Gasteiger partial charge in [0.1, 0.15) is 0 Å². The van der Waals surface area contributed by atoms with Gasteiger partial charge >= 0.3 is 7.82 Å². The van der Waals surface area contributed by atoms with E-state index in [-0.39, 0.29) is 0 Å². The monoisotopic (exact) mass is 266 g/mol. The van der Waals surface area contributed by atoms with E-state index < -0.39 is 13.4 Å². The van der Waals surface area contributed by atoms with Gasteiger partial charge in [-0.05, 0) is 33.6 Å². The lowest BCUT2D eigenvalue weighted by atomic mass is 10.2. The minimum Gasteiger partial charge on any atom is -0.287 e. The van der Waals surface area contributed by atoms with Gasteiger partial charge in [-0.1, -0.05) is 26.7 Å². The Morgan fingerprint density at radius 3 is 1.65 bits per heavy atom. The normalized spacial score (nSPS) is 13.0. The van der Waals surface area contributed by atoms with Gasteiger partial charge in [0, 0.05) is 0 Å². The van der Waals surface area contributed by atoms with E-state index in [0.29, 0.717) is 13.2 Å². The van der Waals surface area contributed by atoms with Crippen LogP contribution in [-0.4, -0.2) is 18.8 Å². The molecule has 0 rings (SSSR count). The average molecular weight is 266 g/mol. The fourth-order valence-electron chi connectivity index (χ4n) is 1.07. The number of hydrogen-bond acceptors (Lipinski definition) is 4. The van der Waals surface area contributed by atoms with E-state index in [4.69, 9.17) is 13.6 Å². The van der Waals surface area contributed by atoms with Crippen LogP contribution in [0.25, 0.3) is 0 Å². The molecule has 0 aromatic rings. The van der Waals surface area contributed by atoms with Crippen molar-refractivity contribution >= 4 is 7.82 Å². The summed E-state index contributed by atoms with van der Waals surface area (Å²) in [5.74, 6) is 0. The molecular formula is C12H27O4P. The van der Waals surface area contributed by atoms with E-state index in [1.54, 1.807) is 0 Å². The number of phosphoric ester groups is 1. The smallest absolute Gasteiger partial charge is 0.287 e. The van der Waals surface area contributed by atoms with E-state index in [1.165, 1.54) is 0 Å². The predicted octanol–water partition coefficient (Wildman–Crippen LogP) is 4.54. The highest BCUT2D eigenvalue weighted by molar-refractivity contribution is 7.48. The Bertz CT molecular complexity index is 221. The molecule has 0 aromatic carbocycles. The molecule has 0 aromatic heterocycles. The van der Waals surface area contributed by atoms with E-state index in [9.17, 15) is 4.57 Å². The van der Waals surface area contributed by atoms with Crippen molar-refractivity contribution in [2.75, 3.05) is 13.2 Å². The second-order valence-electron chi connectivity index (χ2n) is 5.02. The molecule has 0 heterocycles. The maximum Gasteiger partial charge on any atom is 0.475 e. The van der Waals surface area contributed by atoms with Crippen LogP contribution >= 0.6 is 7.82 Å². The molecule has 0 N–H and O–H groups in total. The van der Waals surface area contributed by atoms with Crippen molar-refractivity contribution in [3.05, 3.63) is 0 Å². The van der Waals surface area contributed by atoms with Crippen molar-refractivity contribution in [3.8, 4) is 0 Å². The molecule has 0 saturated heterocycles. The van der Waals surface area contributed by atoms with Crippen LogP contribution in [0.3, 0.4) is 0 Å². The lowest BCUT2D eigenvalue weighted by Crippen LogP contribution is -2.19. The maximum absolute atomic E-state index is 12.3. The third-order valence-corrected chi connectivity index (χ3v) is 3.65. The molecule has 0 bridgehead atoms. The summed E-state index contributed by atoms with van der Waals surface area (Å²) >= 11 is 0. The van der Waals surface area contributed by atoms with Crippen LogP contribution in [0.1, 0.15) is 60.3 Å². The minimum atomic E-state index is -3.40. The molecule has 0 fully saturated rings. The number of rotatable bonds is 9. The molecule has 0 unspecified atom stereocenters. The van der Waals surface area contributed by atoms with Crippen molar-refractivity contribution in [1.29, 1.82) is 0 Å². The fraction of sp³-hybridized carbons (Fsp3) is 1.00. The first-order valence-corrected chi connectivity index (χ1v) is 7.89. The van der Waals surface area contributed by atoms with Gasteiger partial charge in [0.15, 0.2) is 0 Å². The highest BCUT2D eigenvalue weighted by Crippen LogP contribution is 2.52. The molecule has 104 valence electrons. The van der Waals surface area contributed by atoms with Gasteiger partial charge in [0.25, 0.3) is 0 Å². The van der Waals surface area contributed by atoms with Gasteiger partial charge in [0.05, 0.1) is 18.8 Å². The molecule has 0 aliphatic rings. The Morgan fingerprint density at radius 2 is 1.35 bits per heavy atom. The molecule has 17 heavy (non-hydrogen) atoms. The Hall–Kier alpha value is 0.110. The zero-order chi connectivity index (χ0) is 13.4. The first-order chi connectivity index (χ1) is 7.83. The van der Waals surface area contributed by atoms with Crippen LogP contribution in [0.2, 0.25) is 0 Å². The molecule has 4 nitrogen and oxygen atoms in total. The van der Waals surface area contributed by atoms with E-state index in [2.05, 4.69) is 13.8 Å². The molecular weight excluding hydrogens is 239 g/mol. The van der Waals surface area contributed by atoms with Crippen molar-refractivity contribution in [3.63, 3.8) is 0 Å². The summed E-state index contributed by atoms with van der Waals surface area (Å²) in [6.07, 6.45) is 3.69. The summed E-state index contributed by atoms with van der Waals surface area (Å²) in [5, 5.41) is 0. The Morgan fingerprint density at radius 1 is 0.941 bits per heavy atom. The number of hydrogen-bond donors (Lipinski definition) is 0. The largest absolute Gasteiger partial charge is 0.475 e. The van der Waals surface area contributed by atoms with Crippen molar-refractivity contribution < 1.29 is 18.1 Å². The molecule has 5 heteroatoms. The Labute approximate surface area is 106 Å². The Balaban J connectivity index is 4.30. The van der Waals surface area contributed by atoms with Crippen molar-refractivity contribution in [1.82, 2.24) is 0 Å². The van der Waals surface area contributed by atoms with Gasteiger partial charge in [-0.25, -0.2) is 4.57 Å². The second kappa shape index (κ2) is 8.25. The van der Waals surface area contributed by atoms with E-state index in [0.717, 1.165) is 25.7 Å². The summed E-state index contributed by atoms with van der Waals surface area (Å²) < 4.78 is 28.3. The third-order valence-electron chi connectivity index (χ3n) is 1.88. The summed E-state index contributed by atoms with van der Waals surface area (Å²) in [5.41, 5.74) is -0.534. The SMILES string of the molecule is CCCCOP(=O)(OCCCC)OC(C)(C)C. The maximum atomic E-state index is 12.3. The molecule has 0 aliphatic carbocycles. The predicted molar refractivity (Wildman–Crippen MR) is 70.2 cm³/mol. The van der Waals surface area contributed by atoms with Crippen LogP contribution in [0.4, 0.5) is 0 Å². The highest BCUT2D eigenvalue weighted by Gasteiger charge is 2.32. The van der Waals surface area contributed by atoms with Crippen LogP contribution in [0, 0.1) is 0 Å². The second-order valence-corrected chi connectivity index (χ2v) is 6.62. The van der Waals surface area contributed by atoms with E-state index >= 15 is 0 Å². The first-order valence-electron chi connectivity index (χ1n) is 6.43. The van der Waals surface area contributed by atoms with Gasteiger partial charge < -0.3 is 0 Å². The number of phosphoric acid groups is 1. The summed E-state index contributed by atoms with van der Waals surface area (Å²) in [4.78, 5) is 0. The van der Waals surface area contributed by atoms with Gasteiger partial charge in [-0.15, -0.1) is 0 Å². The average Bonchev–Trinajstić information content (AvgIpc) is 2.15. The van der Waals surface area contributed by atoms with E-state index in [1.807, 2.05) is 20.8 Å². The topological polar surface area (TPSA) is 44.8 Å². The molecule has 0 spiro atoms. The minimum absolute atomic E-state index is 0.413. The molecule has 0 aliphatic heterocycles. The zero-order valence-electron chi connectivity index (χ0n) is 11.8. The lowest BCUT2D eigenvalue weighted by molar-refractivity contribution is 0.0421. The highest BCUT2D eigenvalue weighted by atomic mass is 31.2. The zero-order valence-corrected chi connectivity index (χ0v) is 12.7. The standard InChI is InChI=1S/C12H27O4P/c1-6-8-10-14-17(13,15-11-9-7-2)16-12(3,4)5/h6-11H2,1-5H3.